The molecule has 0 unspecified atom stereocenters. The summed E-state index contributed by atoms with van der Waals surface area (Å²) in [5, 5.41) is 2.58. The molecule has 1 aromatic heterocycles. The van der Waals surface area contributed by atoms with Crippen LogP contribution in [0.5, 0.6) is 0 Å². The second-order valence-corrected chi connectivity index (χ2v) is 2.40. The maximum absolute atomic E-state index is 10.9. The molecule has 0 aliphatic carbocycles. The first-order chi connectivity index (χ1) is 6.33. The van der Waals surface area contributed by atoms with E-state index in [2.05, 4.69) is 15.0 Å². The van der Waals surface area contributed by atoms with E-state index >= 15 is 0 Å². The lowest BCUT2D eigenvalue weighted by atomic mass is 10.3. The van der Waals surface area contributed by atoms with E-state index in [4.69, 9.17) is 0 Å². The number of ether oxygens (including phenoxy) is 1. The minimum Gasteiger partial charge on any atom is -0.450 e. The van der Waals surface area contributed by atoms with Crippen molar-refractivity contribution in [1.29, 1.82) is 0 Å². The molecule has 1 rings (SSSR count). The molecule has 0 saturated heterocycles. The number of rotatable bonds is 3. The maximum atomic E-state index is 10.9. The molecular formula is C9H12N2O2. The van der Waals surface area contributed by atoms with E-state index in [1.165, 1.54) is 0 Å². The van der Waals surface area contributed by atoms with E-state index in [9.17, 15) is 4.79 Å². The van der Waals surface area contributed by atoms with Crippen LogP contribution < -0.4 is 5.32 Å². The standard InChI is InChI=1S/C9H12N2O2/c1-2-13-9(12)11-7-8-5-3-4-6-10-8/h3-6H,2,7H2,1H3,(H,11,12). The molecule has 70 valence electrons. The predicted octanol–water partition coefficient (Wildman–Crippen LogP) is 1.33. The van der Waals surface area contributed by atoms with Crippen molar-refractivity contribution in [1.82, 2.24) is 10.3 Å². The van der Waals surface area contributed by atoms with Crippen LogP contribution in [0.1, 0.15) is 12.6 Å². The van der Waals surface area contributed by atoms with Crippen LogP contribution in [-0.4, -0.2) is 17.7 Å². The van der Waals surface area contributed by atoms with Crippen molar-refractivity contribution in [3.05, 3.63) is 30.1 Å². The fourth-order valence-corrected chi connectivity index (χ4v) is 0.848. The number of hydrogen-bond acceptors (Lipinski definition) is 3. The van der Waals surface area contributed by atoms with Gasteiger partial charge in [0.05, 0.1) is 18.8 Å². The molecule has 1 aromatic rings. The number of pyridine rings is 1. The average molecular weight is 180 g/mol. The molecule has 0 aliphatic rings. The molecular weight excluding hydrogens is 168 g/mol. The van der Waals surface area contributed by atoms with E-state index in [1.807, 2.05) is 18.2 Å². The van der Waals surface area contributed by atoms with Crippen molar-refractivity contribution in [2.45, 2.75) is 13.5 Å². The van der Waals surface area contributed by atoms with Crippen molar-refractivity contribution in [2.75, 3.05) is 6.61 Å². The molecule has 1 amide bonds. The minimum absolute atomic E-state index is 0.383. The van der Waals surface area contributed by atoms with Crippen molar-refractivity contribution in [2.24, 2.45) is 0 Å². The molecule has 0 saturated carbocycles. The van der Waals surface area contributed by atoms with Crippen LogP contribution in [0.25, 0.3) is 0 Å². The van der Waals surface area contributed by atoms with Gasteiger partial charge in [0.2, 0.25) is 0 Å². The first kappa shape index (κ1) is 9.51. The molecule has 1 heterocycles. The molecule has 0 spiro atoms. The lowest BCUT2D eigenvalue weighted by Crippen LogP contribution is -2.23. The van der Waals surface area contributed by atoms with Gasteiger partial charge in [-0.25, -0.2) is 4.79 Å². The third-order valence-electron chi connectivity index (χ3n) is 1.42. The normalized spacial score (nSPS) is 9.31. The van der Waals surface area contributed by atoms with Crippen LogP contribution in [0.3, 0.4) is 0 Å². The molecule has 0 aromatic carbocycles. The Morgan fingerprint density at radius 1 is 1.62 bits per heavy atom. The minimum atomic E-state index is -0.409. The third kappa shape index (κ3) is 3.55. The summed E-state index contributed by atoms with van der Waals surface area (Å²) in [6, 6.07) is 5.54. The highest BCUT2D eigenvalue weighted by Gasteiger charge is 1.99. The fraction of sp³-hybridized carbons (Fsp3) is 0.333. The second-order valence-electron chi connectivity index (χ2n) is 2.40. The summed E-state index contributed by atoms with van der Waals surface area (Å²) < 4.78 is 4.69. The molecule has 13 heavy (non-hydrogen) atoms. The SMILES string of the molecule is CCOC(=O)NCc1ccccn1. The quantitative estimate of drug-likeness (QED) is 0.763. The number of nitrogens with one attached hydrogen (secondary N) is 1. The van der Waals surface area contributed by atoms with Gasteiger partial charge in [-0.1, -0.05) is 6.07 Å². The Bertz CT molecular complexity index is 262. The van der Waals surface area contributed by atoms with Crippen molar-refractivity contribution >= 4 is 6.09 Å². The Labute approximate surface area is 76.9 Å². The zero-order valence-corrected chi connectivity index (χ0v) is 7.49. The number of hydrogen-bond donors (Lipinski definition) is 1. The number of aromatic nitrogens is 1. The summed E-state index contributed by atoms with van der Waals surface area (Å²) in [6.45, 7) is 2.55. The van der Waals surface area contributed by atoms with E-state index in [1.54, 1.807) is 13.1 Å². The summed E-state index contributed by atoms with van der Waals surface area (Å²) in [4.78, 5) is 14.9. The Morgan fingerprint density at radius 2 is 2.46 bits per heavy atom. The third-order valence-corrected chi connectivity index (χ3v) is 1.42. The van der Waals surface area contributed by atoms with Crippen LogP contribution in [0.15, 0.2) is 24.4 Å². The topological polar surface area (TPSA) is 51.2 Å². The number of alkyl carbamates (subject to hydrolysis) is 1. The van der Waals surface area contributed by atoms with Gasteiger partial charge in [-0.3, -0.25) is 4.98 Å². The molecule has 1 N–H and O–H groups in total. The van der Waals surface area contributed by atoms with Gasteiger partial charge < -0.3 is 10.1 Å². The predicted molar refractivity (Wildman–Crippen MR) is 48.1 cm³/mol. The van der Waals surface area contributed by atoms with Crippen LogP contribution in [0, 0.1) is 0 Å². The maximum Gasteiger partial charge on any atom is 0.407 e. The lowest BCUT2D eigenvalue weighted by Gasteiger charge is -2.03. The second kappa shape index (κ2) is 5.13. The first-order valence-electron chi connectivity index (χ1n) is 4.13. The van der Waals surface area contributed by atoms with Gasteiger partial charge in [0.25, 0.3) is 0 Å². The summed E-state index contributed by atoms with van der Waals surface area (Å²) in [5.41, 5.74) is 0.815. The Hall–Kier alpha value is -1.58. The van der Waals surface area contributed by atoms with E-state index in [0.29, 0.717) is 13.2 Å². The van der Waals surface area contributed by atoms with Crippen molar-refractivity contribution in [3.63, 3.8) is 0 Å². The van der Waals surface area contributed by atoms with E-state index in [-0.39, 0.29) is 0 Å². The van der Waals surface area contributed by atoms with Crippen LogP contribution in [-0.2, 0) is 11.3 Å². The largest absolute Gasteiger partial charge is 0.450 e. The molecule has 4 nitrogen and oxygen atoms in total. The first-order valence-corrected chi connectivity index (χ1v) is 4.13. The van der Waals surface area contributed by atoms with Gasteiger partial charge in [0, 0.05) is 6.20 Å². The Morgan fingerprint density at radius 3 is 3.08 bits per heavy atom. The Kier molecular flexibility index (Phi) is 3.75. The highest BCUT2D eigenvalue weighted by Crippen LogP contribution is 1.92. The highest BCUT2D eigenvalue weighted by atomic mass is 16.5. The fourth-order valence-electron chi connectivity index (χ4n) is 0.848. The van der Waals surface area contributed by atoms with Crippen LogP contribution >= 0.6 is 0 Å². The van der Waals surface area contributed by atoms with Crippen molar-refractivity contribution < 1.29 is 9.53 Å². The zero-order valence-electron chi connectivity index (χ0n) is 7.49. The summed E-state index contributed by atoms with van der Waals surface area (Å²) in [5.74, 6) is 0. The van der Waals surface area contributed by atoms with Gasteiger partial charge in [-0.15, -0.1) is 0 Å². The van der Waals surface area contributed by atoms with E-state index < -0.39 is 6.09 Å². The van der Waals surface area contributed by atoms with Crippen LogP contribution in [0.4, 0.5) is 4.79 Å². The molecule has 0 aliphatic heterocycles. The number of carbonyl (C=O) groups excluding carboxylic acids is 1. The van der Waals surface area contributed by atoms with Gasteiger partial charge in [0.15, 0.2) is 0 Å². The molecule has 0 atom stereocenters. The van der Waals surface area contributed by atoms with Gasteiger partial charge in [0.1, 0.15) is 0 Å². The van der Waals surface area contributed by atoms with E-state index in [0.717, 1.165) is 5.69 Å². The molecule has 0 radical (unpaired) electrons. The van der Waals surface area contributed by atoms with Gasteiger partial charge in [-0.05, 0) is 19.1 Å². The van der Waals surface area contributed by atoms with Gasteiger partial charge >= 0.3 is 6.09 Å². The highest BCUT2D eigenvalue weighted by molar-refractivity contribution is 5.66. The molecule has 0 bridgehead atoms. The van der Waals surface area contributed by atoms with Crippen molar-refractivity contribution in [3.8, 4) is 0 Å². The average Bonchev–Trinajstić information content (AvgIpc) is 2.17. The smallest absolute Gasteiger partial charge is 0.407 e. The van der Waals surface area contributed by atoms with Gasteiger partial charge in [-0.2, -0.15) is 0 Å². The zero-order chi connectivity index (χ0) is 9.52. The summed E-state index contributed by atoms with van der Waals surface area (Å²) >= 11 is 0. The van der Waals surface area contributed by atoms with Crippen LogP contribution in [0.2, 0.25) is 0 Å². The summed E-state index contributed by atoms with van der Waals surface area (Å²) in [7, 11) is 0. The Balaban J connectivity index is 2.31. The summed E-state index contributed by atoms with van der Waals surface area (Å²) in [6.07, 6.45) is 1.27. The molecule has 0 fully saturated rings. The lowest BCUT2D eigenvalue weighted by molar-refractivity contribution is 0.151. The number of amides is 1. The monoisotopic (exact) mass is 180 g/mol. The number of nitrogens with zero attached hydrogens (tertiary/aromatic N) is 1. The number of carbonyl (C=O) groups is 1. The molecule has 4 heteroatoms.